The molecule has 28 heavy (non-hydrogen) atoms. The molecule has 2 aromatic heterocycles. The highest BCUT2D eigenvalue weighted by Gasteiger charge is 2.32. The molecule has 1 amide bonds. The lowest BCUT2D eigenvalue weighted by molar-refractivity contribution is 0.0975. The molecule has 4 rings (SSSR count). The third kappa shape index (κ3) is 3.58. The molecular formula is C22H23N5O. The van der Waals surface area contributed by atoms with Gasteiger partial charge in [-0.25, -0.2) is 0 Å². The number of pyridine rings is 1. The molecule has 0 saturated heterocycles. The van der Waals surface area contributed by atoms with Crippen LogP contribution in [0.25, 0.3) is 0 Å². The monoisotopic (exact) mass is 373 g/mol. The molecule has 1 unspecified atom stereocenters. The van der Waals surface area contributed by atoms with Gasteiger partial charge in [-0.2, -0.15) is 0 Å². The summed E-state index contributed by atoms with van der Waals surface area (Å²) in [4.78, 5) is 20.9. The van der Waals surface area contributed by atoms with E-state index in [9.17, 15) is 4.79 Å². The van der Waals surface area contributed by atoms with Crippen molar-refractivity contribution in [3.63, 3.8) is 0 Å². The van der Waals surface area contributed by atoms with E-state index < -0.39 is 0 Å². The van der Waals surface area contributed by atoms with Gasteiger partial charge < -0.3 is 9.80 Å². The number of fused-ring (bicyclic) bond motifs is 1. The molecule has 142 valence electrons. The Morgan fingerprint density at radius 1 is 1.11 bits per heavy atom. The Kier molecular flexibility index (Phi) is 5.02. The number of aromatic nitrogens is 3. The fraction of sp³-hybridized carbons (Fsp3) is 0.273. The van der Waals surface area contributed by atoms with E-state index in [1.165, 1.54) is 11.1 Å². The summed E-state index contributed by atoms with van der Waals surface area (Å²) in [7, 11) is 1.98. The summed E-state index contributed by atoms with van der Waals surface area (Å²) >= 11 is 0. The Morgan fingerprint density at radius 2 is 1.89 bits per heavy atom. The highest BCUT2D eigenvalue weighted by Crippen LogP contribution is 2.32. The molecule has 0 radical (unpaired) electrons. The Bertz CT molecular complexity index is 958. The van der Waals surface area contributed by atoms with Gasteiger partial charge in [0.05, 0.1) is 0 Å². The predicted molar refractivity (Wildman–Crippen MR) is 110 cm³/mol. The third-order valence-corrected chi connectivity index (χ3v) is 5.17. The molecule has 6 nitrogen and oxygen atoms in total. The number of likely N-dealkylation sites (N-methyl/N-ethyl adjacent to an activating group) is 1. The van der Waals surface area contributed by atoms with Crippen molar-refractivity contribution in [1.29, 1.82) is 0 Å². The highest BCUT2D eigenvalue weighted by molar-refractivity contribution is 6.06. The van der Waals surface area contributed by atoms with Crippen molar-refractivity contribution in [3.05, 3.63) is 77.7 Å². The van der Waals surface area contributed by atoms with Crippen molar-refractivity contribution in [2.24, 2.45) is 0 Å². The zero-order valence-corrected chi connectivity index (χ0v) is 16.1. The van der Waals surface area contributed by atoms with E-state index >= 15 is 0 Å². The topological polar surface area (TPSA) is 62.2 Å². The van der Waals surface area contributed by atoms with Gasteiger partial charge in [0.1, 0.15) is 0 Å². The van der Waals surface area contributed by atoms with Crippen LogP contribution in [0.2, 0.25) is 0 Å². The van der Waals surface area contributed by atoms with Crippen LogP contribution in [0.15, 0.2) is 60.9 Å². The van der Waals surface area contributed by atoms with E-state index in [4.69, 9.17) is 0 Å². The number of nitrogens with zero attached hydrogens (tertiary/aromatic N) is 5. The van der Waals surface area contributed by atoms with Crippen molar-refractivity contribution in [2.75, 3.05) is 23.4 Å². The fourth-order valence-corrected chi connectivity index (χ4v) is 3.60. The van der Waals surface area contributed by atoms with Crippen LogP contribution in [-0.4, -0.2) is 40.7 Å². The molecule has 6 heteroatoms. The number of amides is 1. The van der Waals surface area contributed by atoms with Crippen LogP contribution in [0.1, 0.15) is 28.5 Å². The van der Waals surface area contributed by atoms with E-state index in [2.05, 4.69) is 28.2 Å². The molecule has 0 saturated carbocycles. The number of carbonyl (C=O) groups excluding carboxylic acids is 1. The van der Waals surface area contributed by atoms with Crippen LogP contribution in [0.4, 0.5) is 11.5 Å². The number of anilines is 2. The van der Waals surface area contributed by atoms with Crippen LogP contribution in [0, 0.1) is 0 Å². The number of hydrogen-bond acceptors (Lipinski definition) is 5. The first-order valence-electron chi connectivity index (χ1n) is 9.48. The summed E-state index contributed by atoms with van der Waals surface area (Å²) < 4.78 is 0. The minimum absolute atomic E-state index is 0.101. The van der Waals surface area contributed by atoms with Gasteiger partial charge in [0.15, 0.2) is 11.5 Å². The van der Waals surface area contributed by atoms with Crippen molar-refractivity contribution < 1.29 is 4.79 Å². The van der Waals surface area contributed by atoms with E-state index in [0.29, 0.717) is 5.69 Å². The molecule has 1 atom stereocenters. The zero-order chi connectivity index (χ0) is 19.5. The molecule has 1 aliphatic rings. The minimum atomic E-state index is -0.101. The van der Waals surface area contributed by atoms with Crippen LogP contribution >= 0.6 is 0 Å². The van der Waals surface area contributed by atoms with Crippen molar-refractivity contribution >= 4 is 17.4 Å². The van der Waals surface area contributed by atoms with E-state index in [0.717, 1.165) is 30.9 Å². The first-order chi connectivity index (χ1) is 13.6. The average Bonchev–Trinajstić information content (AvgIpc) is 3.08. The van der Waals surface area contributed by atoms with Crippen LogP contribution < -0.4 is 9.80 Å². The molecule has 3 aromatic rings. The molecule has 0 aliphatic carbocycles. The Morgan fingerprint density at radius 3 is 2.64 bits per heavy atom. The number of para-hydroxylation sites is 1. The maximum absolute atomic E-state index is 13.0. The second-order valence-corrected chi connectivity index (χ2v) is 7.16. The summed E-state index contributed by atoms with van der Waals surface area (Å²) in [6.07, 6.45) is 5.36. The predicted octanol–water partition coefficient (Wildman–Crippen LogP) is 3.14. The molecule has 0 bridgehead atoms. The Balaban J connectivity index is 1.45. The molecule has 0 fully saturated rings. The number of rotatable bonds is 5. The lowest BCUT2D eigenvalue weighted by Crippen LogP contribution is -2.36. The first kappa shape index (κ1) is 18.1. The van der Waals surface area contributed by atoms with Gasteiger partial charge in [-0.05, 0) is 61.2 Å². The van der Waals surface area contributed by atoms with Gasteiger partial charge in [-0.15, -0.1) is 10.2 Å². The fourth-order valence-electron chi connectivity index (χ4n) is 3.60. The number of hydrogen-bond donors (Lipinski definition) is 0. The first-order valence-corrected chi connectivity index (χ1v) is 9.48. The molecular weight excluding hydrogens is 350 g/mol. The lowest BCUT2D eigenvalue weighted by Gasteiger charge is -2.22. The lowest BCUT2D eigenvalue weighted by atomic mass is 10.1. The summed E-state index contributed by atoms with van der Waals surface area (Å²) in [6, 6.07) is 15.8. The largest absolute Gasteiger partial charge is 0.358 e. The van der Waals surface area contributed by atoms with Gasteiger partial charge in [-0.3, -0.25) is 9.78 Å². The smallest absolute Gasteiger partial charge is 0.279 e. The SMILES string of the molecule is CC1Cc2ccccc2N1C(=O)c1ccc(N(C)CCc2ccncc2)nn1. The van der Waals surface area contributed by atoms with Gasteiger partial charge >= 0.3 is 0 Å². The van der Waals surface area contributed by atoms with Gasteiger partial charge in [-0.1, -0.05) is 18.2 Å². The van der Waals surface area contributed by atoms with Gasteiger partial charge in [0.2, 0.25) is 0 Å². The second-order valence-electron chi connectivity index (χ2n) is 7.16. The quantitative estimate of drug-likeness (QED) is 0.688. The van der Waals surface area contributed by atoms with Crippen LogP contribution in [0.3, 0.4) is 0 Å². The van der Waals surface area contributed by atoms with E-state index in [-0.39, 0.29) is 11.9 Å². The second kappa shape index (κ2) is 7.76. The summed E-state index contributed by atoms with van der Waals surface area (Å²) in [5, 5.41) is 8.49. The third-order valence-electron chi connectivity index (χ3n) is 5.17. The van der Waals surface area contributed by atoms with Gasteiger partial charge in [0.25, 0.3) is 5.91 Å². The maximum atomic E-state index is 13.0. The van der Waals surface area contributed by atoms with Gasteiger partial charge in [0, 0.05) is 37.7 Å². The highest BCUT2D eigenvalue weighted by atomic mass is 16.2. The molecule has 1 aromatic carbocycles. The zero-order valence-electron chi connectivity index (χ0n) is 16.1. The van der Waals surface area contributed by atoms with E-state index in [1.807, 2.05) is 53.2 Å². The Labute approximate surface area is 164 Å². The summed E-state index contributed by atoms with van der Waals surface area (Å²) in [6.45, 7) is 2.87. The van der Waals surface area contributed by atoms with Crippen LogP contribution in [0.5, 0.6) is 0 Å². The molecule has 3 heterocycles. The number of carbonyl (C=O) groups is 1. The standard InChI is InChI=1S/C22H23N5O/c1-16-15-18-5-3-4-6-20(18)27(16)22(28)19-7-8-21(25-24-19)26(2)14-11-17-9-12-23-13-10-17/h3-10,12-13,16H,11,14-15H2,1-2H3. The minimum Gasteiger partial charge on any atom is -0.358 e. The molecule has 0 spiro atoms. The summed E-state index contributed by atoms with van der Waals surface area (Å²) in [5.41, 5.74) is 3.77. The molecule has 1 aliphatic heterocycles. The average molecular weight is 373 g/mol. The maximum Gasteiger partial charge on any atom is 0.279 e. The van der Waals surface area contributed by atoms with Crippen molar-refractivity contribution in [2.45, 2.75) is 25.8 Å². The normalized spacial score (nSPS) is 15.4. The molecule has 0 N–H and O–H groups in total. The van der Waals surface area contributed by atoms with E-state index in [1.54, 1.807) is 18.5 Å². The Hall–Kier alpha value is -3.28. The van der Waals surface area contributed by atoms with Crippen LogP contribution in [-0.2, 0) is 12.8 Å². The number of benzene rings is 1. The van der Waals surface area contributed by atoms with Crippen molar-refractivity contribution in [3.8, 4) is 0 Å². The van der Waals surface area contributed by atoms with Crippen molar-refractivity contribution in [1.82, 2.24) is 15.2 Å². The summed E-state index contributed by atoms with van der Waals surface area (Å²) in [5.74, 6) is 0.649.